The molecule has 192 valence electrons. The summed E-state index contributed by atoms with van der Waals surface area (Å²) in [4.78, 5) is 25.4. The lowest BCUT2D eigenvalue weighted by atomic mass is 9.45. The zero-order chi connectivity index (χ0) is 25.5. The highest BCUT2D eigenvalue weighted by atomic mass is 16.3. The first-order chi connectivity index (χ1) is 15.5. The highest BCUT2D eigenvalue weighted by molar-refractivity contribution is 5.99. The molecular weight excluding hydrogens is 436 g/mol. The number of rotatable bonds is 5. The summed E-state index contributed by atoms with van der Waals surface area (Å²) in [5, 5.41) is 55.1. The number of fused-ring (bicyclic) bond motifs is 5. The Hall–Kier alpha value is -1.12. The number of aliphatic hydroxyl groups is 5. The Morgan fingerprint density at radius 2 is 1.74 bits per heavy atom. The summed E-state index contributed by atoms with van der Waals surface area (Å²) in [6.07, 6.45) is 2.38. The lowest BCUT2D eigenvalue weighted by Crippen LogP contribution is -2.62. The van der Waals surface area contributed by atoms with Gasteiger partial charge in [0.1, 0.15) is 6.10 Å². The molecule has 34 heavy (non-hydrogen) atoms. The summed E-state index contributed by atoms with van der Waals surface area (Å²) in [6, 6.07) is 0. The minimum atomic E-state index is -1.48. The van der Waals surface area contributed by atoms with Crippen molar-refractivity contribution in [2.75, 3.05) is 0 Å². The van der Waals surface area contributed by atoms with Crippen LogP contribution in [-0.4, -0.2) is 66.1 Å². The third-order valence-corrected chi connectivity index (χ3v) is 10.4. The highest BCUT2D eigenvalue weighted by Crippen LogP contribution is 2.68. The summed E-state index contributed by atoms with van der Waals surface area (Å²) in [5.74, 6) is -1.45. The Morgan fingerprint density at radius 3 is 2.35 bits per heavy atom. The maximum absolute atomic E-state index is 13.2. The molecule has 0 radical (unpaired) electrons. The zero-order valence-corrected chi connectivity index (χ0v) is 21.2. The fraction of sp³-hybridized carbons (Fsp3) is 0.852. The maximum atomic E-state index is 13.2. The fourth-order valence-corrected chi connectivity index (χ4v) is 8.15. The molecule has 0 aromatic carbocycles. The van der Waals surface area contributed by atoms with Crippen LogP contribution in [0.25, 0.3) is 0 Å². The van der Waals surface area contributed by atoms with E-state index >= 15 is 0 Å². The van der Waals surface area contributed by atoms with E-state index in [1.165, 1.54) is 0 Å². The highest BCUT2D eigenvalue weighted by Gasteiger charge is 2.69. The smallest absolute Gasteiger partial charge is 0.162 e. The van der Waals surface area contributed by atoms with Gasteiger partial charge >= 0.3 is 0 Å². The lowest BCUT2D eigenvalue weighted by molar-refractivity contribution is -0.174. The van der Waals surface area contributed by atoms with E-state index in [0.29, 0.717) is 37.7 Å². The summed E-state index contributed by atoms with van der Waals surface area (Å²) in [6.45, 7) is 8.88. The van der Waals surface area contributed by atoms with Gasteiger partial charge in [0, 0.05) is 17.8 Å². The van der Waals surface area contributed by atoms with Crippen LogP contribution < -0.4 is 0 Å². The molecule has 4 rings (SSSR count). The number of aliphatic hydroxyl groups excluding tert-OH is 2. The number of hydrogen-bond acceptors (Lipinski definition) is 7. The van der Waals surface area contributed by atoms with Crippen molar-refractivity contribution in [3.05, 3.63) is 11.6 Å². The molecule has 0 bridgehead atoms. The zero-order valence-electron chi connectivity index (χ0n) is 21.2. The second kappa shape index (κ2) is 7.94. The predicted octanol–water partition coefficient (Wildman–Crippen LogP) is 2.06. The average Bonchev–Trinajstić information content (AvgIpc) is 3.00. The number of allylic oxidation sites excluding steroid dienone is 1. The molecule has 7 nitrogen and oxygen atoms in total. The predicted molar refractivity (Wildman–Crippen MR) is 126 cm³/mol. The van der Waals surface area contributed by atoms with Crippen molar-refractivity contribution in [3.63, 3.8) is 0 Å². The Kier molecular flexibility index (Phi) is 6.06. The van der Waals surface area contributed by atoms with Crippen LogP contribution in [0.15, 0.2) is 11.6 Å². The molecule has 3 saturated carbocycles. The van der Waals surface area contributed by atoms with E-state index in [1.807, 2.05) is 13.8 Å². The first-order valence-corrected chi connectivity index (χ1v) is 12.8. The molecule has 0 spiro atoms. The van der Waals surface area contributed by atoms with Gasteiger partial charge in [-0.15, -0.1) is 0 Å². The lowest BCUT2D eigenvalue weighted by Gasteiger charge is -2.60. The molecule has 4 aliphatic rings. The van der Waals surface area contributed by atoms with Gasteiger partial charge in [0.15, 0.2) is 11.6 Å². The fourth-order valence-electron chi connectivity index (χ4n) is 8.15. The van der Waals surface area contributed by atoms with E-state index in [1.54, 1.807) is 26.8 Å². The van der Waals surface area contributed by atoms with Crippen LogP contribution in [0.2, 0.25) is 0 Å². The molecule has 7 heteroatoms. The SMILES string of the molecule is CC(C)(O)CC[C@@H](O)[C@](C)(O)[C@H]1CC[C@@]2(O)C3=CC(=O)[C@@H]4CC(=O)[C@@H](O)C[C@]4(C)C3CC[C@]12C. The molecule has 0 saturated heterocycles. The van der Waals surface area contributed by atoms with Crippen LogP contribution in [0.3, 0.4) is 0 Å². The minimum absolute atomic E-state index is 0.0389. The van der Waals surface area contributed by atoms with Gasteiger partial charge in [-0.1, -0.05) is 13.8 Å². The maximum Gasteiger partial charge on any atom is 0.162 e. The quantitative estimate of drug-likeness (QED) is 0.408. The van der Waals surface area contributed by atoms with Crippen LogP contribution in [0, 0.1) is 28.6 Å². The Bertz CT molecular complexity index is 901. The van der Waals surface area contributed by atoms with Gasteiger partial charge < -0.3 is 25.5 Å². The largest absolute Gasteiger partial charge is 0.390 e. The monoisotopic (exact) mass is 478 g/mol. The van der Waals surface area contributed by atoms with E-state index < -0.39 is 51.7 Å². The van der Waals surface area contributed by atoms with Gasteiger partial charge in [0.25, 0.3) is 0 Å². The van der Waals surface area contributed by atoms with E-state index in [4.69, 9.17) is 0 Å². The Morgan fingerprint density at radius 1 is 1.09 bits per heavy atom. The molecule has 0 aromatic heterocycles. The summed E-state index contributed by atoms with van der Waals surface area (Å²) >= 11 is 0. The van der Waals surface area contributed by atoms with Crippen molar-refractivity contribution in [3.8, 4) is 0 Å². The number of carbonyl (C=O) groups excluding carboxylic acids is 2. The number of ketones is 2. The summed E-state index contributed by atoms with van der Waals surface area (Å²) in [7, 11) is 0. The second-order valence-electron chi connectivity index (χ2n) is 13.0. The second-order valence-corrected chi connectivity index (χ2v) is 13.0. The van der Waals surface area contributed by atoms with Crippen LogP contribution in [-0.2, 0) is 9.59 Å². The van der Waals surface area contributed by atoms with Crippen molar-refractivity contribution in [2.24, 2.45) is 28.6 Å². The topological polar surface area (TPSA) is 135 Å². The number of hydrogen-bond donors (Lipinski definition) is 5. The van der Waals surface area contributed by atoms with Gasteiger partial charge in [-0.05, 0) is 94.6 Å². The molecule has 5 N–H and O–H groups in total. The normalized spacial score (nSPS) is 45.1. The number of carbonyl (C=O) groups is 2. The van der Waals surface area contributed by atoms with Crippen molar-refractivity contribution < 1.29 is 35.1 Å². The van der Waals surface area contributed by atoms with Crippen LogP contribution in [0.1, 0.15) is 86.0 Å². The van der Waals surface area contributed by atoms with Gasteiger partial charge in [-0.25, -0.2) is 0 Å². The first kappa shape index (κ1) is 26.0. The van der Waals surface area contributed by atoms with Crippen molar-refractivity contribution in [1.82, 2.24) is 0 Å². The molecular formula is C27H42O7. The number of Topliss-reactive ketones (excluding diaryl/α,β-unsaturated/α-hetero) is 1. The van der Waals surface area contributed by atoms with E-state index in [2.05, 4.69) is 0 Å². The average molecular weight is 479 g/mol. The standard InChI is InChI=1S/C27H42O7/c1-23(2,32)9-8-22(31)26(5,33)21-7-11-27(34)16-12-18(28)17-13-19(29)20(30)14-24(17,3)15(16)6-10-25(21,27)4/h12,15,17,20-22,30-34H,6-11,13-14H2,1-5H3/t15?,17-,20-,21-,22+,24+,25+,26+,27+/m0/s1. The molecule has 0 aliphatic heterocycles. The molecule has 0 heterocycles. The van der Waals surface area contributed by atoms with Gasteiger partial charge in [0.2, 0.25) is 0 Å². The summed E-state index contributed by atoms with van der Waals surface area (Å²) in [5.41, 5.74) is -4.41. The van der Waals surface area contributed by atoms with E-state index in [-0.39, 0.29) is 36.7 Å². The van der Waals surface area contributed by atoms with Crippen LogP contribution in [0.4, 0.5) is 0 Å². The third-order valence-electron chi connectivity index (χ3n) is 10.4. The van der Waals surface area contributed by atoms with Crippen molar-refractivity contribution >= 4 is 11.6 Å². The van der Waals surface area contributed by atoms with Gasteiger partial charge in [0.05, 0.1) is 22.9 Å². The van der Waals surface area contributed by atoms with E-state index in [0.717, 1.165) is 0 Å². The molecule has 4 aliphatic carbocycles. The molecule has 9 atom stereocenters. The Labute approximate surface area is 202 Å². The van der Waals surface area contributed by atoms with Crippen LogP contribution >= 0.6 is 0 Å². The Balaban J connectivity index is 1.67. The van der Waals surface area contributed by atoms with E-state index in [9.17, 15) is 35.1 Å². The van der Waals surface area contributed by atoms with Gasteiger partial charge in [-0.2, -0.15) is 0 Å². The van der Waals surface area contributed by atoms with Crippen LogP contribution in [0.5, 0.6) is 0 Å². The molecule has 0 amide bonds. The molecule has 1 unspecified atom stereocenters. The van der Waals surface area contributed by atoms with Crippen molar-refractivity contribution in [1.29, 1.82) is 0 Å². The van der Waals surface area contributed by atoms with Gasteiger partial charge in [-0.3, -0.25) is 9.59 Å². The third kappa shape index (κ3) is 3.65. The first-order valence-electron chi connectivity index (χ1n) is 12.8. The summed E-state index contributed by atoms with van der Waals surface area (Å²) < 4.78 is 0. The minimum Gasteiger partial charge on any atom is -0.390 e. The molecule has 3 fully saturated rings. The van der Waals surface area contributed by atoms with Crippen molar-refractivity contribution in [2.45, 2.75) is 115 Å². The molecule has 0 aromatic rings.